The third-order valence-electron chi connectivity index (χ3n) is 3.03. The highest BCUT2D eigenvalue weighted by Crippen LogP contribution is 2.29. The van der Waals surface area contributed by atoms with Crippen molar-refractivity contribution in [3.8, 4) is 5.75 Å². The van der Waals surface area contributed by atoms with Crippen molar-refractivity contribution >= 4 is 15.9 Å². The molecule has 0 aliphatic carbocycles. The van der Waals surface area contributed by atoms with Gasteiger partial charge in [-0.3, -0.25) is 4.79 Å². The molecule has 1 fully saturated rings. The van der Waals surface area contributed by atoms with E-state index in [1.54, 1.807) is 0 Å². The quantitative estimate of drug-likeness (QED) is 0.892. The molecule has 22 heavy (non-hydrogen) atoms. The van der Waals surface area contributed by atoms with Crippen molar-refractivity contribution in [2.45, 2.75) is 23.7 Å². The number of carbonyl (C=O) groups is 1. The van der Waals surface area contributed by atoms with Crippen LogP contribution in [0.4, 0.5) is 13.2 Å². The second-order valence-electron chi connectivity index (χ2n) is 4.79. The van der Waals surface area contributed by atoms with Gasteiger partial charge in [0.25, 0.3) is 0 Å². The van der Waals surface area contributed by atoms with E-state index in [-0.39, 0.29) is 18.9 Å². The molecule has 0 aromatic heterocycles. The first-order chi connectivity index (χ1) is 10.1. The van der Waals surface area contributed by atoms with Crippen molar-refractivity contribution in [3.63, 3.8) is 0 Å². The molecule has 1 atom stereocenters. The molecule has 1 unspecified atom stereocenters. The largest absolute Gasteiger partial charge is 0.573 e. The van der Waals surface area contributed by atoms with E-state index in [4.69, 9.17) is 0 Å². The van der Waals surface area contributed by atoms with E-state index in [9.17, 15) is 26.4 Å². The van der Waals surface area contributed by atoms with Crippen molar-refractivity contribution in [2.75, 3.05) is 13.6 Å². The molecule has 0 bridgehead atoms. The zero-order valence-electron chi connectivity index (χ0n) is 11.4. The molecule has 1 saturated heterocycles. The zero-order chi connectivity index (χ0) is 16.5. The Morgan fingerprint density at radius 3 is 2.50 bits per heavy atom. The first-order valence-corrected chi connectivity index (χ1v) is 7.68. The number of likely N-dealkylation sites (tertiary alicyclic amines) is 1. The summed E-state index contributed by atoms with van der Waals surface area (Å²) in [6.45, 7) is 0.153. The molecule has 1 aromatic carbocycles. The Labute approximate surface area is 124 Å². The Hall–Kier alpha value is -1.81. The smallest absolute Gasteiger partial charge is 0.404 e. The molecule has 1 amide bonds. The number of nitrogens with zero attached hydrogens (tertiary/aromatic N) is 1. The van der Waals surface area contributed by atoms with Gasteiger partial charge in [0, 0.05) is 26.1 Å². The summed E-state index contributed by atoms with van der Waals surface area (Å²) < 4.78 is 67.4. The van der Waals surface area contributed by atoms with Gasteiger partial charge in [-0.2, -0.15) is 0 Å². The number of halogens is 3. The summed E-state index contributed by atoms with van der Waals surface area (Å²) in [5.74, 6) is -1.06. The number of rotatable bonds is 4. The lowest BCUT2D eigenvalue weighted by Gasteiger charge is -2.16. The van der Waals surface area contributed by atoms with Gasteiger partial charge < -0.3 is 9.64 Å². The summed E-state index contributed by atoms with van der Waals surface area (Å²) in [4.78, 5) is 12.1. The van der Waals surface area contributed by atoms with Crippen molar-refractivity contribution < 1.29 is 31.1 Å². The number of likely N-dealkylation sites (N-methyl/N-ethyl adjacent to an activating group) is 1. The molecule has 1 N–H and O–H groups in total. The number of hydrogen-bond acceptors (Lipinski definition) is 4. The Morgan fingerprint density at radius 1 is 1.32 bits per heavy atom. The van der Waals surface area contributed by atoms with Crippen LogP contribution < -0.4 is 9.46 Å². The maximum atomic E-state index is 12.3. The molecule has 10 heteroatoms. The lowest BCUT2D eigenvalue weighted by atomic mass is 10.3. The molecular formula is C12H13F3N2O4S. The van der Waals surface area contributed by atoms with Crippen LogP contribution in [-0.4, -0.2) is 45.2 Å². The van der Waals surface area contributed by atoms with E-state index in [1.807, 2.05) is 0 Å². The van der Waals surface area contributed by atoms with Crippen LogP contribution in [0.2, 0.25) is 0 Å². The number of ether oxygens (including phenoxy) is 1. The third kappa shape index (κ3) is 3.89. The topological polar surface area (TPSA) is 75.7 Å². The van der Waals surface area contributed by atoms with Crippen molar-refractivity contribution in [1.82, 2.24) is 9.62 Å². The minimum atomic E-state index is -5.00. The van der Waals surface area contributed by atoms with E-state index >= 15 is 0 Å². The van der Waals surface area contributed by atoms with E-state index in [1.165, 1.54) is 24.1 Å². The number of carbonyl (C=O) groups excluding carboxylic acids is 1. The normalized spacial score (nSPS) is 19.5. The van der Waals surface area contributed by atoms with Gasteiger partial charge in [-0.1, -0.05) is 12.1 Å². The van der Waals surface area contributed by atoms with Gasteiger partial charge in [-0.25, -0.2) is 13.1 Å². The van der Waals surface area contributed by atoms with Crippen molar-refractivity contribution in [1.29, 1.82) is 0 Å². The number of sulfonamides is 1. The maximum Gasteiger partial charge on any atom is 0.573 e. The molecule has 1 heterocycles. The van der Waals surface area contributed by atoms with Crippen LogP contribution in [0.1, 0.15) is 6.42 Å². The van der Waals surface area contributed by atoms with E-state index in [2.05, 4.69) is 9.46 Å². The highest BCUT2D eigenvalue weighted by Gasteiger charge is 2.35. The number of benzene rings is 1. The number of nitrogens with one attached hydrogen (secondary N) is 1. The summed E-state index contributed by atoms with van der Waals surface area (Å²) >= 11 is 0. The summed E-state index contributed by atoms with van der Waals surface area (Å²) in [5, 5.41) is 0. The molecule has 6 nitrogen and oxygen atoms in total. The average molecular weight is 338 g/mol. The maximum absolute atomic E-state index is 12.3. The van der Waals surface area contributed by atoms with Crippen LogP contribution in [0.25, 0.3) is 0 Å². The number of para-hydroxylation sites is 1. The SMILES string of the molecule is CN1CC(NS(=O)(=O)c2ccccc2OC(F)(F)F)CC1=O. The van der Waals surface area contributed by atoms with Crippen LogP contribution in [0.5, 0.6) is 5.75 Å². The highest BCUT2D eigenvalue weighted by atomic mass is 32.2. The molecule has 1 aliphatic heterocycles. The van der Waals surface area contributed by atoms with Crippen LogP contribution in [0.3, 0.4) is 0 Å². The standard InChI is InChI=1S/C12H13F3N2O4S/c1-17-7-8(6-11(17)18)16-22(19,20)10-5-3-2-4-9(10)21-12(13,14)15/h2-5,8,16H,6-7H2,1H3. The van der Waals surface area contributed by atoms with Crippen LogP contribution in [-0.2, 0) is 14.8 Å². The lowest BCUT2D eigenvalue weighted by molar-refractivity contribution is -0.275. The Morgan fingerprint density at radius 2 is 1.95 bits per heavy atom. The van der Waals surface area contributed by atoms with Crippen LogP contribution in [0, 0.1) is 0 Å². The number of hydrogen-bond donors (Lipinski definition) is 1. The molecule has 0 saturated carbocycles. The van der Waals surface area contributed by atoms with E-state index in [0.717, 1.165) is 12.1 Å². The summed E-state index contributed by atoms with van der Waals surface area (Å²) in [5.41, 5.74) is 0. The average Bonchev–Trinajstić information content (AvgIpc) is 2.65. The monoisotopic (exact) mass is 338 g/mol. The second kappa shape index (κ2) is 5.76. The molecule has 2 rings (SSSR count). The van der Waals surface area contributed by atoms with Crippen molar-refractivity contribution in [3.05, 3.63) is 24.3 Å². The van der Waals surface area contributed by atoms with Gasteiger partial charge >= 0.3 is 6.36 Å². The van der Waals surface area contributed by atoms with Crippen LogP contribution >= 0.6 is 0 Å². The zero-order valence-corrected chi connectivity index (χ0v) is 12.2. The van der Waals surface area contributed by atoms with Crippen molar-refractivity contribution in [2.24, 2.45) is 0 Å². The highest BCUT2D eigenvalue weighted by molar-refractivity contribution is 7.89. The molecule has 1 aromatic rings. The van der Waals surface area contributed by atoms with Gasteiger partial charge in [-0.05, 0) is 12.1 Å². The summed E-state index contributed by atoms with van der Waals surface area (Å²) in [6.07, 6.45) is -5.05. The Balaban J connectivity index is 2.25. The van der Waals surface area contributed by atoms with Gasteiger partial charge in [0.2, 0.25) is 15.9 Å². The number of amides is 1. The second-order valence-corrected chi connectivity index (χ2v) is 6.47. The number of alkyl halides is 3. The van der Waals surface area contributed by atoms with Gasteiger partial charge in [0.15, 0.2) is 0 Å². The van der Waals surface area contributed by atoms with Gasteiger partial charge in [-0.15, -0.1) is 13.2 Å². The fourth-order valence-electron chi connectivity index (χ4n) is 2.11. The predicted molar refractivity (Wildman–Crippen MR) is 69.5 cm³/mol. The molecule has 122 valence electrons. The Kier molecular flexibility index (Phi) is 4.34. The third-order valence-corrected chi connectivity index (χ3v) is 4.59. The minimum absolute atomic E-state index is 0.0436. The Bertz CT molecular complexity index is 675. The molecular weight excluding hydrogens is 325 g/mol. The first-order valence-electron chi connectivity index (χ1n) is 6.19. The van der Waals surface area contributed by atoms with E-state index in [0.29, 0.717) is 0 Å². The fourth-order valence-corrected chi connectivity index (χ4v) is 3.46. The van der Waals surface area contributed by atoms with Gasteiger partial charge in [0.05, 0.1) is 0 Å². The van der Waals surface area contributed by atoms with Crippen LogP contribution in [0.15, 0.2) is 29.2 Å². The summed E-state index contributed by atoms with van der Waals surface area (Å²) in [6, 6.07) is 3.73. The molecule has 1 aliphatic rings. The molecule has 0 radical (unpaired) electrons. The molecule has 0 spiro atoms. The first kappa shape index (κ1) is 16.6. The fraction of sp³-hybridized carbons (Fsp3) is 0.417. The minimum Gasteiger partial charge on any atom is -0.404 e. The summed E-state index contributed by atoms with van der Waals surface area (Å²) in [7, 11) is -2.74. The van der Waals surface area contributed by atoms with E-state index < -0.39 is 33.1 Å². The predicted octanol–water partition coefficient (Wildman–Crippen LogP) is 1.09. The van der Waals surface area contributed by atoms with Gasteiger partial charge in [0.1, 0.15) is 10.6 Å². The lowest BCUT2D eigenvalue weighted by Crippen LogP contribution is -2.36.